The van der Waals surface area contributed by atoms with E-state index < -0.39 is 0 Å². The van der Waals surface area contributed by atoms with E-state index in [0.717, 1.165) is 19.3 Å². The number of fused-ring (bicyclic) bond motifs is 1. The first-order valence-electron chi connectivity index (χ1n) is 6.28. The van der Waals surface area contributed by atoms with Crippen molar-refractivity contribution in [1.82, 2.24) is 5.32 Å². The van der Waals surface area contributed by atoms with Crippen molar-refractivity contribution in [2.75, 3.05) is 20.3 Å². The number of rotatable bonds is 6. The smallest absolute Gasteiger partial charge is 0.0585 e. The zero-order chi connectivity index (χ0) is 12.1. The molecule has 3 heteroatoms. The van der Waals surface area contributed by atoms with E-state index in [9.17, 15) is 5.11 Å². The minimum Gasteiger partial charge on any atom is -0.395 e. The summed E-state index contributed by atoms with van der Waals surface area (Å²) in [4.78, 5) is 0. The molecule has 0 spiro atoms. The highest BCUT2D eigenvalue weighted by atomic mass is 16.5. The highest BCUT2D eigenvalue weighted by Gasteiger charge is 2.23. The molecule has 2 atom stereocenters. The summed E-state index contributed by atoms with van der Waals surface area (Å²) < 4.78 is 5.06. The van der Waals surface area contributed by atoms with Crippen LogP contribution in [0.25, 0.3) is 0 Å². The number of nitrogens with one attached hydrogen (secondary N) is 1. The molecule has 0 fully saturated rings. The Morgan fingerprint density at radius 2 is 2.29 bits per heavy atom. The van der Waals surface area contributed by atoms with Crippen LogP contribution in [0.2, 0.25) is 0 Å². The van der Waals surface area contributed by atoms with Gasteiger partial charge in [-0.25, -0.2) is 0 Å². The molecule has 0 aromatic heterocycles. The Balaban J connectivity index is 1.95. The summed E-state index contributed by atoms with van der Waals surface area (Å²) in [5.74, 6) is 0. The number of hydrogen-bond donors (Lipinski definition) is 2. The van der Waals surface area contributed by atoms with Crippen molar-refractivity contribution in [1.29, 1.82) is 0 Å². The van der Waals surface area contributed by atoms with Crippen LogP contribution >= 0.6 is 0 Å². The van der Waals surface area contributed by atoms with Crippen LogP contribution < -0.4 is 5.32 Å². The van der Waals surface area contributed by atoms with Crippen molar-refractivity contribution >= 4 is 0 Å². The van der Waals surface area contributed by atoms with Gasteiger partial charge in [0.05, 0.1) is 6.61 Å². The van der Waals surface area contributed by atoms with Gasteiger partial charge in [0.1, 0.15) is 0 Å². The van der Waals surface area contributed by atoms with Gasteiger partial charge in [0.2, 0.25) is 0 Å². The lowest BCUT2D eigenvalue weighted by Gasteiger charge is -2.21. The Morgan fingerprint density at radius 3 is 3.06 bits per heavy atom. The van der Waals surface area contributed by atoms with E-state index in [-0.39, 0.29) is 12.6 Å². The predicted molar refractivity (Wildman–Crippen MR) is 68.0 cm³/mol. The van der Waals surface area contributed by atoms with Crippen LogP contribution in [0.4, 0.5) is 0 Å². The largest absolute Gasteiger partial charge is 0.395 e. The van der Waals surface area contributed by atoms with Gasteiger partial charge in [-0.1, -0.05) is 24.3 Å². The summed E-state index contributed by atoms with van der Waals surface area (Å²) in [7, 11) is 1.69. The second kappa shape index (κ2) is 6.15. The van der Waals surface area contributed by atoms with Crippen molar-refractivity contribution in [2.24, 2.45) is 0 Å². The molecule has 0 saturated heterocycles. The second-order valence-corrected chi connectivity index (χ2v) is 4.62. The predicted octanol–water partition coefficient (Wildman–Crippen LogP) is 1.66. The van der Waals surface area contributed by atoms with E-state index in [2.05, 4.69) is 29.6 Å². The topological polar surface area (TPSA) is 41.5 Å². The van der Waals surface area contributed by atoms with Crippen molar-refractivity contribution in [3.05, 3.63) is 35.4 Å². The minimum atomic E-state index is 0.131. The fraction of sp³-hybridized carbons (Fsp3) is 0.571. The SMILES string of the molecule is COCCC(CO)NC1CCc2ccccc21. The fourth-order valence-electron chi connectivity index (χ4n) is 2.50. The molecule has 0 saturated carbocycles. The molecule has 2 rings (SSSR count). The van der Waals surface area contributed by atoms with Crippen LogP contribution in [-0.2, 0) is 11.2 Å². The molecule has 0 heterocycles. The van der Waals surface area contributed by atoms with Crippen LogP contribution in [0.15, 0.2) is 24.3 Å². The maximum atomic E-state index is 9.34. The number of methoxy groups -OCH3 is 1. The van der Waals surface area contributed by atoms with Crippen LogP contribution in [0.3, 0.4) is 0 Å². The standard InChI is InChI=1S/C14H21NO2/c1-17-9-8-12(10-16)15-14-7-6-11-4-2-3-5-13(11)14/h2-5,12,14-16H,6-10H2,1H3. The quantitative estimate of drug-likeness (QED) is 0.788. The zero-order valence-electron chi connectivity index (χ0n) is 10.4. The van der Waals surface area contributed by atoms with Gasteiger partial charge < -0.3 is 15.2 Å². The Bertz CT molecular complexity index is 354. The average molecular weight is 235 g/mol. The molecule has 2 unspecified atom stereocenters. The van der Waals surface area contributed by atoms with Gasteiger partial charge in [0.25, 0.3) is 0 Å². The van der Waals surface area contributed by atoms with E-state index >= 15 is 0 Å². The molecule has 1 aliphatic rings. The van der Waals surface area contributed by atoms with Crippen molar-refractivity contribution in [2.45, 2.75) is 31.3 Å². The zero-order valence-corrected chi connectivity index (χ0v) is 10.4. The molecule has 0 aliphatic heterocycles. The Kier molecular flexibility index (Phi) is 4.54. The molecule has 0 radical (unpaired) electrons. The Morgan fingerprint density at radius 1 is 1.47 bits per heavy atom. The van der Waals surface area contributed by atoms with Crippen molar-refractivity contribution in [3.8, 4) is 0 Å². The van der Waals surface area contributed by atoms with Crippen LogP contribution in [0.1, 0.15) is 30.0 Å². The molecule has 1 aromatic rings. The third kappa shape index (κ3) is 3.06. The molecule has 0 amide bonds. The van der Waals surface area contributed by atoms with Gasteiger partial charge in [-0.3, -0.25) is 0 Å². The maximum Gasteiger partial charge on any atom is 0.0585 e. The first kappa shape index (κ1) is 12.6. The Hall–Kier alpha value is -0.900. The lowest BCUT2D eigenvalue weighted by atomic mass is 10.1. The lowest BCUT2D eigenvalue weighted by molar-refractivity contribution is 0.154. The molecule has 0 bridgehead atoms. The van der Waals surface area contributed by atoms with Gasteiger partial charge >= 0.3 is 0 Å². The molecule has 1 aromatic carbocycles. The molecule has 17 heavy (non-hydrogen) atoms. The summed E-state index contributed by atoms with van der Waals surface area (Å²) in [6.45, 7) is 0.856. The summed E-state index contributed by atoms with van der Waals surface area (Å²) in [5, 5.41) is 12.9. The number of aryl methyl sites for hydroxylation is 1. The molecular weight excluding hydrogens is 214 g/mol. The maximum absolute atomic E-state index is 9.34. The first-order chi connectivity index (χ1) is 8.35. The third-order valence-electron chi connectivity index (χ3n) is 3.46. The highest BCUT2D eigenvalue weighted by Crippen LogP contribution is 2.31. The molecule has 3 nitrogen and oxygen atoms in total. The second-order valence-electron chi connectivity index (χ2n) is 4.62. The number of ether oxygens (including phenoxy) is 1. The van der Waals surface area contributed by atoms with E-state index in [1.165, 1.54) is 11.1 Å². The number of hydrogen-bond acceptors (Lipinski definition) is 3. The summed E-state index contributed by atoms with van der Waals surface area (Å²) in [6, 6.07) is 9.08. The van der Waals surface area contributed by atoms with Gasteiger partial charge in [0, 0.05) is 25.8 Å². The lowest BCUT2D eigenvalue weighted by Crippen LogP contribution is -2.35. The average Bonchev–Trinajstić information content (AvgIpc) is 2.78. The van der Waals surface area contributed by atoms with Crippen molar-refractivity contribution < 1.29 is 9.84 Å². The number of aliphatic hydroxyl groups excluding tert-OH is 1. The van der Waals surface area contributed by atoms with Gasteiger partial charge in [-0.15, -0.1) is 0 Å². The van der Waals surface area contributed by atoms with Crippen LogP contribution in [0.5, 0.6) is 0 Å². The van der Waals surface area contributed by atoms with E-state index in [4.69, 9.17) is 4.74 Å². The molecule has 1 aliphatic carbocycles. The normalized spacial score (nSPS) is 20.2. The van der Waals surface area contributed by atoms with Gasteiger partial charge in [0.15, 0.2) is 0 Å². The van der Waals surface area contributed by atoms with Gasteiger partial charge in [-0.2, -0.15) is 0 Å². The first-order valence-corrected chi connectivity index (χ1v) is 6.28. The summed E-state index contributed by atoms with van der Waals surface area (Å²) in [5.41, 5.74) is 2.83. The van der Waals surface area contributed by atoms with Crippen molar-refractivity contribution in [3.63, 3.8) is 0 Å². The number of benzene rings is 1. The molecule has 94 valence electrons. The third-order valence-corrected chi connectivity index (χ3v) is 3.46. The Labute approximate surface area is 103 Å². The van der Waals surface area contributed by atoms with E-state index in [0.29, 0.717) is 12.6 Å². The molecule has 2 N–H and O–H groups in total. The van der Waals surface area contributed by atoms with E-state index in [1.54, 1.807) is 7.11 Å². The highest BCUT2D eigenvalue weighted by molar-refractivity contribution is 5.34. The van der Waals surface area contributed by atoms with E-state index in [1.807, 2.05) is 0 Å². The van der Waals surface area contributed by atoms with Gasteiger partial charge in [-0.05, 0) is 30.4 Å². The number of aliphatic hydroxyl groups is 1. The molecular formula is C14H21NO2. The van der Waals surface area contributed by atoms with Crippen LogP contribution in [0, 0.1) is 0 Å². The summed E-state index contributed by atoms with van der Waals surface area (Å²) in [6.07, 6.45) is 3.12. The monoisotopic (exact) mass is 235 g/mol. The fourth-order valence-corrected chi connectivity index (χ4v) is 2.50. The van der Waals surface area contributed by atoms with Crippen LogP contribution in [-0.4, -0.2) is 31.5 Å². The summed E-state index contributed by atoms with van der Waals surface area (Å²) >= 11 is 0. The minimum absolute atomic E-state index is 0.131.